The fraction of sp³-hybridized carbons (Fsp3) is 0.444. The first-order valence-electron chi connectivity index (χ1n) is 8.21. The fourth-order valence-electron chi connectivity index (χ4n) is 3.12. The van der Waals surface area contributed by atoms with Crippen molar-refractivity contribution in [3.05, 3.63) is 41.0 Å². The quantitative estimate of drug-likeness (QED) is 0.903. The summed E-state index contributed by atoms with van der Waals surface area (Å²) in [7, 11) is 1.62. The van der Waals surface area contributed by atoms with E-state index in [4.69, 9.17) is 4.84 Å². The van der Waals surface area contributed by atoms with E-state index in [9.17, 15) is 4.79 Å². The van der Waals surface area contributed by atoms with Crippen molar-refractivity contribution in [2.24, 2.45) is 0 Å². The monoisotopic (exact) mass is 345 g/mol. The van der Waals surface area contributed by atoms with Gasteiger partial charge in [0.1, 0.15) is 6.04 Å². The zero-order valence-electron chi connectivity index (χ0n) is 14.3. The summed E-state index contributed by atoms with van der Waals surface area (Å²) >= 11 is 1.65. The molecule has 6 heteroatoms. The Labute approximate surface area is 146 Å². The van der Waals surface area contributed by atoms with Gasteiger partial charge in [0.15, 0.2) is 0 Å². The predicted molar refractivity (Wildman–Crippen MR) is 95.6 cm³/mol. The van der Waals surface area contributed by atoms with Gasteiger partial charge in [-0.1, -0.05) is 24.3 Å². The molecule has 0 bridgehead atoms. The molecule has 1 N–H and O–H groups in total. The summed E-state index contributed by atoms with van der Waals surface area (Å²) in [5.41, 5.74) is 5.18. The number of amides is 1. The molecule has 2 atom stereocenters. The van der Waals surface area contributed by atoms with Crippen LogP contribution in [0, 0.1) is 6.92 Å². The van der Waals surface area contributed by atoms with Crippen LogP contribution in [-0.2, 0) is 9.63 Å². The molecule has 1 aliphatic heterocycles. The van der Waals surface area contributed by atoms with Crippen LogP contribution in [0.15, 0.2) is 29.8 Å². The van der Waals surface area contributed by atoms with Crippen molar-refractivity contribution in [3.63, 3.8) is 0 Å². The van der Waals surface area contributed by atoms with E-state index in [2.05, 4.69) is 34.6 Å². The Morgan fingerprint density at radius 1 is 1.42 bits per heavy atom. The van der Waals surface area contributed by atoms with Crippen LogP contribution in [0.1, 0.15) is 37.1 Å². The van der Waals surface area contributed by atoms with Crippen molar-refractivity contribution in [1.82, 2.24) is 15.4 Å². The number of hydroxylamine groups is 2. The Balaban J connectivity index is 1.66. The summed E-state index contributed by atoms with van der Waals surface area (Å²) in [6, 6.07) is 8.11. The molecule has 1 fully saturated rings. The van der Waals surface area contributed by atoms with Crippen LogP contribution < -0.4 is 5.32 Å². The van der Waals surface area contributed by atoms with E-state index in [0.717, 1.165) is 30.6 Å². The average molecular weight is 345 g/mol. The summed E-state index contributed by atoms with van der Waals surface area (Å²) in [6.45, 7) is 4.84. The topological polar surface area (TPSA) is 54.5 Å². The van der Waals surface area contributed by atoms with Crippen molar-refractivity contribution >= 4 is 17.2 Å². The van der Waals surface area contributed by atoms with Crippen molar-refractivity contribution in [2.75, 3.05) is 13.7 Å². The largest absolute Gasteiger partial charge is 0.348 e. The van der Waals surface area contributed by atoms with Gasteiger partial charge in [-0.2, -0.15) is 5.06 Å². The molecule has 3 rings (SSSR count). The molecule has 128 valence electrons. The van der Waals surface area contributed by atoms with Gasteiger partial charge >= 0.3 is 0 Å². The summed E-state index contributed by atoms with van der Waals surface area (Å²) < 4.78 is 0. The summed E-state index contributed by atoms with van der Waals surface area (Å²) in [4.78, 5) is 23.2. The maximum absolute atomic E-state index is 12.5. The van der Waals surface area contributed by atoms with Gasteiger partial charge < -0.3 is 10.2 Å². The van der Waals surface area contributed by atoms with Crippen LogP contribution in [0.3, 0.4) is 0 Å². The second kappa shape index (κ2) is 7.42. The number of aromatic nitrogens is 1. The first kappa shape index (κ1) is 17.1. The summed E-state index contributed by atoms with van der Waals surface area (Å²) in [5.74, 6) is 0.0317. The van der Waals surface area contributed by atoms with Gasteiger partial charge in [-0.25, -0.2) is 4.98 Å². The molecule has 24 heavy (non-hydrogen) atoms. The van der Waals surface area contributed by atoms with Gasteiger partial charge in [0, 0.05) is 6.54 Å². The van der Waals surface area contributed by atoms with E-state index >= 15 is 0 Å². The number of rotatable bonds is 5. The summed E-state index contributed by atoms with van der Waals surface area (Å²) in [5, 5.41) is 4.86. The number of hydrogen-bond acceptors (Lipinski definition) is 5. The number of aryl methyl sites for hydroxylation is 1. The lowest BCUT2D eigenvalue weighted by Gasteiger charge is -2.23. The van der Waals surface area contributed by atoms with Crippen molar-refractivity contribution in [3.8, 4) is 10.4 Å². The van der Waals surface area contributed by atoms with Crippen molar-refractivity contribution < 1.29 is 9.63 Å². The normalized spacial score (nSPS) is 19.4. The summed E-state index contributed by atoms with van der Waals surface area (Å²) in [6.07, 6.45) is 1.83. The molecule has 2 aromatic rings. The highest BCUT2D eigenvalue weighted by Gasteiger charge is 2.31. The first-order valence-corrected chi connectivity index (χ1v) is 9.09. The Hall–Kier alpha value is -1.76. The van der Waals surface area contributed by atoms with Gasteiger partial charge in [-0.3, -0.25) is 4.79 Å². The molecular formula is C18H23N3O2S. The molecule has 5 nitrogen and oxygen atoms in total. The molecule has 1 aromatic heterocycles. The van der Waals surface area contributed by atoms with Crippen molar-refractivity contribution in [2.45, 2.75) is 38.8 Å². The average Bonchev–Trinajstić information content (AvgIpc) is 3.23. The van der Waals surface area contributed by atoms with Crippen LogP contribution >= 0.6 is 11.3 Å². The van der Waals surface area contributed by atoms with E-state index in [-0.39, 0.29) is 18.0 Å². The first-order chi connectivity index (χ1) is 11.6. The lowest BCUT2D eigenvalue weighted by molar-refractivity contribution is -0.160. The molecule has 1 unspecified atom stereocenters. The third-order valence-electron chi connectivity index (χ3n) is 4.52. The number of carbonyl (C=O) groups is 1. The maximum atomic E-state index is 12.5. The van der Waals surface area contributed by atoms with Gasteiger partial charge in [0.05, 0.1) is 29.2 Å². The maximum Gasteiger partial charge on any atom is 0.240 e. The molecule has 2 heterocycles. The minimum atomic E-state index is -0.184. The van der Waals surface area contributed by atoms with Crippen molar-refractivity contribution in [1.29, 1.82) is 0 Å². The zero-order chi connectivity index (χ0) is 17.1. The van der Waals surface area contributed by atoms with E-state index < -0.39 is 0 Å². The molecule has 1 aliphatic rings. The highest BCUT2D eigenvalue weighted by atomic mass is 32.1. The van der Waals surface area contributed by atoms with Crippen LogP contribution in [-0.4, -0.2) is 35.7 Å². The lowest BCUT2D eigenvalue weighted by atomic mass is 10.0. The Kier molecular flexibility index (Phi) is 5.28. The van der Waals surface area contributed by atoms with Crippen LogP contribution in [0.2, 0.25) is 0 Å². The smallest absolute Gasteiger partial charge is 0.240 e. The molecule has 0 radical (unpaired) electrons. The molecule has 1 aromatic carbocycles. The van der Waals surface area contributed by atoms with Crippen LogP contribution in [0.25, 0.3) is 10.4 Å². The van der Waals surface area contributed by atoms with Gasteiger partial charge in [0.25, 0.3) is 0 Å². The molecule has 0 spiro atoms. The molecule has 1 saturated heterocycles. The highest BCUT2D eigenvalue weighted by Crippen LogP contribution is 2.28. The standard InChI is InChI=1S/C18H23N3O2S/c1-12(20-18(22)16-5-4-10-21(16)23-3)14-6-8-15(9-7-14)17-13(2)19-11-24-17/h6-9,11-12,16H,4-5,10H2,1-3H3,(H,20,22)/t12-,16?/m0/s1. The highest BCUT2D eigenvalue weighted by molar-refractivity contribution is 7.13. The molecule has 1 amide bonds. The van der Waals surface area contributed by atoms with Crippen LogP contribution in [0.4, 0.5) is 0 Å². The van der Waals surface area contributed by atoms with E-state index in [1.807, 2.05) is 19.4 Å². The molecule has 0 aliphatic carbocycles. The molecular weight excluding hydrogens is 322 g/mol. The SMILES string of the molecule is CON1CCCC1C(=O)N[C@@H](C)c1ccc(-c2scnc2C)cc1. The Morgan fingerprint density at radius 2 is 2.17 bits per heavy atom. The lowest BCUT2D eigenvalue weighted by Crippen LogP contribution is -2.43. The Morgan fingerprint density at radius 3 is 2.79 bits per heavy atom. The number of benzene rings is 1. The number of hydrogen-bond donors (Lipinski definition) is 1. The third-order valence-corrected chi connectivity index (χ3v) is 5.50. The third kappa shape index (κ3) is 3.50. The van der Waals surface area contributed by atoms with Gasteiger partial charge in [-0.05, 0) is 37.8 Å². The van der Waals surface area contributed by atoms with E-state index in [0.29, 0.717) is 0 Å². The predicted octanol–water partition coefficient (Wildman–Crippen LogP) is 3.32. The van der Waals surface area contributed by atoms with Crippen LogP contribution in [0.5, 0.6) is 0 Å². The van der Waals surface area contributed by atoms with E-state index in [1.165, 1.54) is 10.4 Å². The molecule has 0 saturated carbocycles. The number of carbonyl (C=O) groups excluding carboxylic acids is 1. The zero-order valence-corrected chi connectivity index (χ0v) is 15.1. The second-order valence-corrected chi connectivity index (χ2v) is 6.96. The van der Waals surface area contributed by atoms with Gasteiger partial charge in [-0.15, -0.1) is 11.3 Å². The number of thiazole rings is 1. The number of nitrogens with zero attached hydrogens (tertiary/aromatic N) is 2. The minimum absolute atomic E-state index is 0.0317. The Bertz CT molecular complexity index is 699. The number of nitrogens with one attached hydrogen (secondary N) is 1. The minimum Gasteiger partial charge on any atom is -0.348 e. The second-order valence-electron chi connectivity index (χ2n) is 6.10. The fourth-order valence-corrected chi connectivity index (χ4v) is 3.93. The van der Waals surface area contributed by atoms with E-state index in [1.54, 1.807) is 23.5 Å². The van der Waals surface area contributed by atoms with Gasteiger partial charge in [0.2, 0.25) is 5.91 Å².